The molecule has 0 aromatic heterocycles. The van der Waals surface area contributed by atoms with Crippen LogP contribution in [0.25, 0.3) is 0 Å². The molecule has 1 N–H and O–H groups in total. The highest BCUT2D eigenvalue weighted by atomic mass is 35.5. The van der Waals surface area contributed by atoms with Crippen LogP contribution in [0.5, 0.6) is 5.75 Å². The molecule has 1 unspecified atom stereocenters. The molecule has 6 rings (SSSR count). The smallest absolute Gasteiger partial charge is 0.251 e. The molecule has 0 radical (unpaired) electrons. The predicted molar refractivity (Wildman–Crippen MR) is 170 cm³/mol. The van der Waals surface area contributed by atoms with Gasteiger partial charge >= 0.3 is 0 Å². The van der Waals surface area contributed by atoms with Gasteiger partial charge in [0.25, 0.3) is 5.91 Å². The summed E-state index contributed by atoms with van der Waals surface area (Å²) in [7, 11) is 0. The van der Waals surface area contributed by atoms with Crippen LogP contribution in [0.1, 0.15) is 27.2 Å². The largest absolute Gasteiger partial charge is 0.494 e. The summed E-state index contributed by atoms with van der Waals surface area (Å²) in [5.41, 5.74) is 1.27. The van der Waals surface area contributed by atoms with E-state index in [1.807, 2.05) is 75.4 Å². The highest BCUT2D eigenvalue weighted by Gasteiger charge is 2.74. The minimum absolute atomic E-state index is 0.162. The van der Waals surface area contributed by atoms with E-state index in [0.29, 0.717) is 41.7 Å². The fourth-order valence-corrected chi connectivity index (χ4v) is 9.66. The minimum atomic E-state index is -1.02. The monoisotopic (exact) mass is 621 g/mol. The molecule has 0 bridgehead atoms. The highest BCUT2D eigenvalue weighted by molar-refractivity contribution is 8.02. The first-order valence-electron chi connectivity index (χ1n) is 14.8. The van der Waals surface area contributed by atoms with E-state index in [9.17, 15) is 19.5 Å². The van der Waals surface area contributed by atoms with Gasteiger partial charge in [-0.2, -0.15) is 0 Å². The Hall–Kier alpha value is -3.27. The van der Waals surface area contributed by atoms with Gasteiger partial charge in [-0.3, -0.25) is 14.4 Å². The summed E-state index contributed by atoms with van der Waals surface area (Å²) in [6.45, 7) is 6.70. The number of aliphatic hydroxyl groups is 1. The molecule has 8 nitrogen and oxygen atoms in total. The lowest BCUT2D eigenvalue weighted by molar-refractivity contribution is -0.142. The van der Waals surface area contributed by atoms with E-state index in [4.69, 9.17) is 16.3 Å². The number of carbonyl (C=O) groups is 3. The maximum atomic E-state index is 14.7. The third kappa shape index (κ3) is 4.59. The molecule has 4 heterocycles. The van der Waals surface area contributed by atoms with E-state index in [1.54, 1.807) is 32.9 Å². The predicted octanol–water partition coefficient (Wildman–Crippen LogP) is 4.70. The van der Waals surface area contributed by atoms with E-state index in [0.717, 1.165) is 0 Å². The number of fused-ring (bicyclic) bond motifs is 2. The third-order valence-electron chi connectivity index (χ3n) is 9.17. The van der Waals surface area contributed by atoms with Gasteiger partial charge < -0.3 is 24.5 Å². The van der Waals surface area contributed by atoms with Gasteiger partial charge in [0.1, 0.15) is 11.8 Å². The van der Waals surface area contributed by atoms with Crippen LogP contribution in [0.2, 0.25) is 5.02 Å². The van der Waals surface area contributed by atoms with Gasteiger partial charge in [0.15, 0.2) is 0 Å². The van der Waals surface area contributed by atoms with Crippen LogP contribution >= 0.6 is 23.4 Å². The number of hydrogen-bond acceptors (Lipinski definition) is 6. The summed E-state index contributed by atoms with van der Waals surface area (Å²) in [6, 6.07) is 13.1. The zero-order chi connectivity index (χ0) is 30.5. The molecule has 2 aromatic rings. The Kier molecular flexibility index (Phi) is 7.85. The van der Waals surface area contributed by atoms with Crippen LogP contribution in [0.3, 0.4) is 0 Å². The van der Waals surface area contributed by atoms with Crippen LogP contribution in [0, 0.1) is 11.8 Å². The van der Waals surface area contributed by atoms with Crippen molar-refractivity contribution >= 4 is 52.5 Å². The van der Waals surface area contributed by atoms with Crippen LogP contribution in [0.15, 0.2) is 72.8 Å². The Morgan fingerprint density at radius 2 is 1.65 bits per heavy atom. The first-order valence-corrected chi connectivity index (χ1v) is 16.0. The molecule has 2 fully saturated rings. The maximum absolute atomic E-state index is 14.7. The van der Waals surface area contributed by atoms with Crippen molar-refractivity contribution in [1.82, 2.24) is 4.90 Å². The molecular weight excluding hydrogens is 586 g/mol. The first kappa shape index (κ1) is 29.8. The number of para-hydroxylation sites is 1. The van der Waals surface area contributed by atoms with Crippen molar-refractivity contribution in [3.63, 3.8) is 0 Å². The van der Waals surface area contributed by atoms with Crippen molar-refractivity contribution in [3.05, 3.63) is 77.9 Å². The van der Waals surface area contributed by atoms with Crippen molar-refractivity contribution in [2.75, 3.05) is 36.1 Å². The Balaban J connectivity index is 1.46. The van der Waals surface area contributed by atoms with Crippen LogP contribution in [-0.2, 0) is 14.4 Å². The van der Waals surface area contributed by atoms with Crippen LogP contribution < -0.4 is 14.5 Å². The molecule has 1 spiro atoms. The zero-order valence-electron chi connectivity index (χ0n) is 24.5. The number of benzene rings is 2. The summed E-state index contributed by atoms with van der Waals surface area (Å²) < 4.78 is 3.83. The lowest BCUT2D eigenvalue weighted by Crippen LogP contribution is -2.56. The summed E-state index contributed by atoms with van der Waals surface area (Å²) in [5.74, 6) is -1.53. The average Bonchev–Trinajstić information content (AvgIpc) is 3.27. The SMILES string of the molecule is CCOc1ccc(N2CC=C[C@@]3(C)S[C@]45C=CCN(c6ccccc6Cl)C(=O)C4N([C@@H](CC)CO)C(=O)[C@@H]5[C@H]3C2=O)cc1. The van der Waals surface area contributed by atoms with Crippen LogP contribution in [-0.4, -0.2) is 75.6 Å². The number of ether oxygens (including phenoxy) is 1. The second-order valence-electron chi connectivity index (χ2n) is 11.6. The van der Waals surface area contributed by atoms with E-state index in [2.05, 4.69) is 0 Å². The van der Waals surface area contributed by atoms with E-state index in [1.165, 1.54) is 11.8 Å². The number of carbonyl (C=O) groups excluding carboxylic acids is 3. The molecule has 2 saturated heterocycles. The molecule has 226 valence electrons. The number of anilines is 2. The van der Waals surface area contributed by atoms with Gasteiger partial charge in [0, 0.05) is 23.5 Å². The van der Waals surface area contributed by atoms with Crippen molar-refractivity contribution in [2.45, 2.75) is 48.8 Å². The van der Waals surface area contributed by atoms with Crippen LogP contribution in [0.4, 0.5) is 11.4 Å². The van der Waals surface area contributed by atoms with Gasteiger partial charge in [-0.1, -0.05) is 55.0 Å². The van der Waals surface area contributed by atoms with Crippen molar-refractivity contribution in [2.24, 2.45) is 11.8 Å². The molecular formula is C33H36ClN3O5S. The number of thioether (sulfide) groups is 1. The van der Waals surface area contributed by atoms with Gasteiger partial charge in [-0.25, -0.2) is 0 Å². The normalized spacial score (nSPS) is 30.6. The quantitative estimate of drug-likeness (QED) is 0.451. The topological polar surface area (TPSA) is 90.4 Å². The molecule has 10 heteroatoms. The van der Waals surface area contributed by atoms with E-state index >= 15 is 0 Å². The number of amides is 3. The molecule has 3 amide bonds. The molecule has 0 saturated carbocycles. The zero-order valence-corrected chi connectivity index (χ0v) is 26.1. The minimum Gasteiger partial charge on any atom is -0.494 e. The standard InChI is InChI=1S/C33H36ClN3O5S/c1-4-21(20-38)37-28-31(41)36(25-11-7-6-10-24(25)34)19-9-17-33(28)27(30(37)40)26-29(39)35(18-8-16-32(26,3)43-33)22-12-14-23(15-13-22)42-5-2/h6-17,21,26-28,38H,4-5,18-20H2,1-3H3/t21-,26-,27-,28?,32+,33-/m0/s1. The van der Waals surface area contributed by atoms with Gasteiger partial charge in [0.2, 0.25) is 11.8 Å². The summed E-state index contributed by atoms with van der Waals surface area (Å²) in [5, 5.41) is 10.8. The number of likely N-dealkylation sites (tertiary alicyclic amines) is 1. The number of nitrogens with zero attached hydrogens (tertiary/aromatic N) is 3. The summed E-state index contributed by atoms with van der Waals surface area (Å²) in [4.78, 5) is 48.8. The molecule has 43 heavy (non-hydrogen) atoms. The number of rotatable bonds is 7. The number of halogens is 1. The Morgan fingerprint density at radius 1 is 0.953 bits per heavy atom. The highest BCUT2D eigenvalue weighted by Crippen LogP contribution is 2.66. The Morgan fingerprint density at radius 3 is 2.33 bits per heavy atom. The Labute approximate surface area is 261 Å². The molecule has 6 atom stereocenters. The summed E-state index contributed by atoms with van der Waals surface area (Å²) >= 11 is 8.08. The fourth-order valence-electron chi connectivity index (χ4n) is 7.28. The van der Waals surface area contributed by atoms with Crippen molar-refractivity contribution in [1.29, 1.82) is 0 Å². The molecule has 2 aromatic carbocycles. The van der Waals surface area contributed by atoms with E-state index < -0.39 is 33.4 Å². The van der Waals surface area contributed by atoms with Gasteiger partial charge in [-0.15, -0.1) is 11.8 Å². The second kappa shape index (κ2) is 11.3. The first-order chi connectivity index (χ1) is 20.7. The Bertz CT molecular complexity index is 1490. The number of aliphatic hydroxyl groups excluding tert-OH is 1. The lowest BCUT2D eigenvalue weighted by atomic mass is 9.74. The maximum Gasteiger partial charge on any atom is 0.251 e. The molecule has 0 aliphatic carbocycles. The lowest BCUT2D eigenvalue weighted by Gasteiger charge is -2.39. The third-order valence-corrected chi connectivity index (χ3v) is 11.3. The fraction of sp³-hybridized carbons (Fsp3) is 0.424. The summed E-state index contributed by atoms with van der Waals surface area (Å²) in [6.07, 6.45) is 8.38. The van der Waals surface area contributed by atoms with Gasteiger partial charge in [0.05, 0.1) is 46.5 Å². The van der Waals surface area contributed by atoms with E-state index in [-0.39, 0.29) is 30.9 Å². The molecule has 4 aliphatic heterocycles. The molecule has 4 aliphatic rings. The van der Waals surface area contributed by atoms with Crippen molar-refractivity contribution in [3.8, 4) is 5.75 Å². The average molecular weight is 622 g/mol. The van der Waals surface area contributed by atoms with Crippen molar-refractivity contribution < 1.29 is 24.2 Å². The van der Waals surface area contributed by atoms with Gasteiger partial charge in [-0.05, 0) is 56.7 Å². The number of hydrogen-bond donors (Lipinski definition) is 1. The second-order valence-corrected chi connectivity index (χ2v) is 13.8.